The number of nitriles is 1. The average Bonchev–Trinajstić information content (AvgIpc) is 3.71. The molecule has 10 heteroatoms. The number of anilines is 1. The molecule has 2 aliphatic rings. The van der Waals surface area contributed by atoms with E-state index in [2.05, 4.69) is 11.4 Å². The maximum atomic E-state index is 13.7. The predicted molar refractivity (Wildman–Crippen MR) is 142 cm³/mol. The number of hydrogen-bond acceptors (Lipinski definition) is 7. The first-order valence-electron chi connectivity index (χ1n) is 12.4. The van der Waals surface area contributed by atoms with Crippen molar-refractivity contribution in [2.24, 2.45) is 0 Å². The minimum Gasteiger partial charge on any atom is -0.454 e. The summed E-state index contributed by atoms with van der Waals surface area (Å²) in [5.74, 6) is 1.16. The van der Waals surface area contributed by atoms with Gasteiger partial charge in [0.2, 0.25) is 12.7 Å². The summed E-state index contributed by atoms with van der Waals surface area (Å²) < 4.78 is 16.7. The van der Waals surface area contributed by atoms with Gasteiger partial charge in [-0.2, -0.15) is 5.26 Å². The van der Waals surface area contributed by atoms with Crippen molar-refractivity contribution >= 4 is 29.0 Å². The van der Waals surface area contributed by atoms with Gasteiger partial charge in [-0.25, -0.2) is 4.79 Å². The van der Waals surface area contributed by atoms with Crippen LogP contribution in [0.15, 0.2) is 60.0 Å². The van der Waals surface area contributed by atoms with Crippen molar-refractivity contribution in [3.63, 3.8) is 0 Å². The fraction of sp³-hybridized carbons (Fsp3) is 0.321. The van der Waals surface area contributed by atoms with E-state index < -0.39 is 6.03 Å². The Bertz CT molecular complexity index is 1320. The predicted octanol–water partition coefficient (Wildman–Crippen LogP) is 4.59. The van der Waals surface area contributed by atoms with E-state index in [-0.39, 0.29) is 25.3 Å². The van der Waals surface area contributed by atoms with Crippen LogP contribution in [0.2, 0.25) is 0 Å². The quantitative estimate of drug-likeness (QED) is 0.432. The van der Waals surface area contributed by atoms with Crippen LogP contribution in [-0.2, 0) is 22.6 Å². The Morgan fingerprint density at radius 3 is 2.74 bits per heavy atom. The molecule has 1 saturated heterocycles. The standard InChI is InChI=1S/C28H28N4O5S/c29-14-20-4-1-5-22(12-20)30-28(34)32(16-23-6-2-10-35-23)18-27(33)31(17-24-7-3-11-38-24)15-21-8-9-25-26(13-21)37-19-36-25/h1,3-5,7-9,11-13,23H,2,6,10,15-19H2,(H,30,34). The Morgan fingerprint density at radius 1 is 1.05 bits per heavy atom. The summed E-state index contributed by atoms with van der Waals surface area (Å²) in [4.78, 5) is 31.3. The van der Waals surface area contributed by atoms with Crippen LogP contribution in [-0.4, -0.2) is 54.3 Å². The van der Waals surface area contributed by atoms with E-state index >= 15 is 0 Å². The highest BCUT2D eigenvalue weighted by molar-refractivity contribution is 7.09. The fourth-order valence-electron chi connectivity index (χ4n) is 4.47. The smallest absolute Gasteiger partial charge is 0.322 e. The van der Waals surface area contributed by atoms with E-state index in [9.17, 15) is 14.9 Å². The molecule has 0 bridgehead atoms. The van der Waals surface area contributed by atoms with E-state index in [0.29, 0.717) is 49.0 Å². The molecule has 196 valence electrons. The van der Waals surface area contributed by atoms with E-state index in [1.807, 2.05) is 35.7 Å². The third-order valence-electron chi connectivity index (χ3n) is 6.39. The van der Waals surface area contributed by atoms with Crippen molar-refractivity contribution < 1.29 is 23.8 Å². The molecule has 3 aromatic rings. The van der Waals surface area contributed by atoms with Crippen LogP contribution in [0.25, 0.3) is 0 Å². The first kappa shape index (κ1) is 25.6. The van der Waals surface area contributed by atoms with Gasteiger partial charge in [0.05, 0.1) is 24.3 Å². The number of carbonyl (C=O) groups excluding carboxylic acids is 2. The molecule has 9 nitrogen and oxygen atoms in total. The lowest BCUT2D eigenvalue weighted by atomic mass is 10.1. The van der Waals surface area contributed by atoms with Crippen molar-refractivity contribution in [1.29, 1.82) is 5.26 Å². The van der Waals surface area contributed by atoms with Gasteiger partial charge < -0.3 is 29.3 Å². The number of rotatable bonds is 9. The summed E-state index contributed by atoms with van der Waals surface area (Å²) in [5.41, 5.74) is 1.84. The van der Waals surface area contributed by atoms with Gasteiger partial charge in [0.1, 0.15) is 6.54 Å². The summed E-state index contributed by atoms with van der Waals surface area (Å²) in [6, 6.07) is 17.9. The molecule has 0 saturated carbocycles. The number of fused-ring (bicyclic) bond motifs is 1. The minimum absolute atomic E-state index is 0.112. The monoisotopic (exact) mass is 532 g/mol. The molecule has 0 spiro atoms. The van der Waals surface area contributed by atoms with Gasteiger partial charge >= 0.3 is 6.03 Å². The number of amides is 3. The number of thiophene rings is 1. The first-order valence-corrected chi connectivity index (χ1v) is 13.3. The van der Waals surface area contributed by atoms with Crippen LogP contribution in [0, 0.1) is 11.3 Å². The molecule has 38 heavy (non-hydrogen) atoms. The third-order valence-corrected chi connectivity index (χ3v) is 7.26. The second-order valence-electron chi connectivity index (χ2n) is 9.16. The van der Waals surface area contributed by atoms with Crippen molar-refractivity contribution in [1.82, 2.24) is 9.80 Å². The molecule has 3 heterocycles. The van der Waals surface area contributed by atoms with Crippen LogP contribution in [0.1, 0.15) is 28.8 Å². The Kier molecular flexibility index (Phi) is 8.06. The van der Waals surface area contributed by atoms with Gasteiger partial charge in [-0.15, -0.1) is 11.3 Å². The molecule has 1 aromatic heterocycles. The molecule has 1 N–H and O–H groups in total. The second kappa shape index (κ2) is 12.0. The normalized spacial score (nSPS) is 15.6. The van der Waals surface area contributed by atoms with Crippen LogP contribution in [0.3, 0.4) is 0 Å². The first-order chi connectivity index (χ1) is 18.6. The van der Waals surface area contributed by atoms with E-state index in [1.54, 1.807) is 40.5 Å². The molecule has 1 atom stereocenters. The number of nitrogens with one attached hydrogen (secondary N) is 1. The van der Waals surface area contributed by atoms with Gasteiger partial charge in [0.25, 0.3) is 0 Å². The number of urea groups is 1. The number of benzene rings is 2. The summed E-state index contributed by atoms with van der Waals surface area (Å²) in [6.07, 6.45) is 1.63. The minimum atomic E-state index is -0.414. The van der Waals surface area contributed by atoms with Crippen molar-refractivity contribution in [3.05, 3.63) is 76.0 Å². The highest BCUT2D eigenvalue weighted by Gasteiger charge is 2.27. The van der Waals surface area contributed by atoms with E-state index in [1.165, 1.54) is 4.90 Å². The van der Waals surface area contributed by atoms with E-state index in [0.717, 1.165) is 23.3 Å². The van der Waals surface area contributed by atoms with Crippen LogP contribution < -0.4 is 14.8 Å². The van der Waals surface area contributed by atoms with Gasteiger partial charge in [-0.3, -0.25) is 4.79 Å². The fourth-order valence-corrected chi connectivity index (χ4v) is 5.19. The highest BCUT2D eigenvalue weighted by atomic mass is 32.1. The zero-order chi connectivity index (χ0) is 26.3. The molecular weight excluding hydrogens is 504 g/mol. The van der Waals surface area contributed by atoms with Gasteiger partial charge in [0.15, 0.2) is 11.5 Å². The largest absolute Gasteiger partial charge is 0.454 e. The lowest BCUT2D eigenvalue weighted by Gasteiger charge is -2.29. The van der Waals surface area contributed by atoms with Crippen molar-refractivity contribution in [2.75, 3.05) is 31.8 Å². The lowest BCUT2D eigenvalue weighted by Crippen LogP contribution is -2.46. The summed E-state index contributed by atoms with van der Waals surface area (Å²) in [7, 11) is 0. The zero-order valence-electron chi connectivity index (χ0n) is 20.8. The van der Waals surface area contributed by atoms with Crippen LogP contribution >= 0.6 is 11.3 Å². The summed E-state index contributed by atoms with van der Waals surface area (Å²) in [6.45, 7) is 1.79. The number of ether oxygens (including phenoxy) is 3. The molecule has 0 aliphatic carbocycles. The molecule has 0 radical (unpaired) electrons. The number of carbonyl (C=O) groups is 2. The van der Waals surface area contributed by atoms with Gasteiger partial charge in [-0.1, -0.05) is 18.2 Å². The topological polar surface area (TPSA) is 104 Å². The average molecular weight is 533 g/mol. The Labute approximate surface area is 225 Å². The Morgan fingerprint density at radius 2 is 1.95 bits per heavy atom. The zero-order valence-corrected chi connectivity index (χ0v) is 21.6. The number of hydrogen-bond donors (Lipinski definition) is 1. The third kappa shape index (κ3) is 6.43. The van der Waals surface area contributed by atoms with Gasteiger partial charge in [-0.05, 0) is 60.2 Å². The molecule has 1 unspecified atom stereocenters. The van der Waals surface area contributed by atoms with E-state index in [4.69, 9.17) is 14.2 Å². The summed E-state index contributed by atoms with van der Waals surface area (Å²) in [5, 5.41) is 14.0. The molecule has 2 aromatic carbocycles. The van der Waals surface area contributed by atoms with Crippen molar-refractivity contribution in [2.45, 2.75) is 32.0 Å². The molecule has 1 fully saturated rings. The Balaban J connectivity index is 1.34. The second-order valence-corrected chi connectivity index (χ2v) is 10.2. The molecular formula is C28H28N4O5S. The van der Waals surface area contributed by atoms with Crippen molar-refractivity contribution in [3.8, 4) is 17.6 Å². The lowest BCUT2D eigenvalue weighted by molar-refractivity contribution is -0.133. The SMILES string of the molecule is N#Cc1cccc(NC(=O)N(CC(=O)N(Cc2ccc3c(c2)OCO3)Cc2cccs2)CC2CCCO2)c1. The maximum Gasteiger partial charge on any atom is 0.322 e. The maximum absolute atomic E-state index is 13.7. The van der Waals surface area contributed by atoms with Crippen LogP contribution in [0.4, 0.5) is 10.5 Å². The molecule has 5 rings (SSSR count). The molecule has 3 amide bonds. The highest BCUT2D eigenvalue weighted by Crippen LogP contribution is 2.33. The molecule has 2 aliphatic heterocycles. The number of nitrogens with zero attached hydrogens (tertiary/aromatic N) is 3. The van der Waals surface area contributed by atoms with Gasteiger partial charge in [0, 0.05) is 30.3 Å². The van der Waals surface area contributed by atoms with Crippen LogP contribution in [0.5, 0.6) is 11.5 Å². The Hall–Kier alpha value is -4.07. The summed E-state index contributed by atoms with van der Waals surface area (Å²) >= 11 is 1.58.